The van der Waals surface area contributed by atoms with Crippen molar-refractivity contribution in [3.63, 3.8) is 0 Å². The zero-order valence-corrected chi connectivity index (χ0v) is 48.0. The first-order valence-corrected chi connectivity index (χ1v) is 26.3. The summed E-state index contributed by atoms with van der Waals surface area (Å²) in [6, 6.07) is 0. The Bertz CT molecular complexity index is 1770. The van der Waals surface area contributed by atoms with E-state index >= 15 is 0 Å². The van der Waals surface area contributed by atoms with Crippen LogP contribution in [0.5, 0.6) is 0 Å². The van der Waals surface area contributed by atoms with Gasteiger partial charge in [0.05, 0.1) is 85.6 Å². The molecule has 1 radical (unpaired) electrons. The van der Waals surface area contributed by atoms with E-state index in [0.29, 0.717) is 0 Å². The van der Waals surface area contributed by atoms with Crippen LogP contribution >= 0.6 is 0 Å². The molecular formula is C46H81GdN5O33+. The van der Waals surface area contributed by atoms with Gasteiger partial charge in [0.1, 0.15) is 97.7 Å². The van der Waals surface area contributed by atoms with Crippen molar-refractivity contribution in [1.82, 2.24) is 24.5 Å². The van der Waals surface area contributed by atoms with Gasteiger partial charge in [0, 0.05) is 52.4 Å². The zero-order chi connectivity index (χ0) is 61.8. The third-order valence-corrected chi connectivity index (χ3v) is 13.9. The van der Waals surface area contributed by atoms with Gasteiger partial charge in [0.25, 0.3) is 0 Å². The fourth-order valence-corrected chi connectivity index (χ4v) is 9.08. The summed E-state index contributed by atoms with van der Waals surface area (Å²) in [4.78, 5) is 70.0. The number of aliphatic hydroxyl groups is 16. The van der Waals surface area contributed by atoms with Crippen LogP contribution in [0.15, 0.2) is 0 Å². The van der Waals surface area contributed by atoms with Gasteiger partial charge in [-0.2, -0.15) is 0 Å². The molecule has 85 heavy (non-hydrogen) atoms. The van der Waals surface area contributed by atoms with E-state index in [9.17, 15) is 121 Å². The summed E-state index contributed by atoms with van der Waals surface area (Å²) in [7, 11) is 0. The normalized spacial score (nSPS) is 33.3. The number of aliphatic hydroxyl groups excluding tert-OH is 16. The van der Waals surface area contributed by atoms with Crippen LogP contribution in [0.3, 0.4) is 0 Å². The van der Waals surface area contributed by atoms with Crippen molar-refractivity contribution < 1.29 is 204 Å². The number of carboxylic acids is 3. The minimum atomic E-state index is -1.83. The minimum absolute atomic E-state index is 0. The number of ether oxygens (including phenoxy) is 8. The SMILES string of the molecule is O=C(O)CN(CCN(CC(=O)O)CC(=O)N(CCOC1O[C@H](CO)[C@@H](O)[C@H](O)C1O)CCOC1O[C@H](CO)[C@@H](O)[C@H](O)C1O)CCN(CC(=O)O)CC(=O)N(CCOC1O[C@H](CO)[C@@H](O)[C@H](O)C1O)CCOC1O[C@H](CO)[C@@H](O)[C@H](O)C1O.[Gd+3].[O-2]. The molecule has 20 atom stereocenters. The molecule has 4 heterocycles. The Labute approximate surface area is 516 Å². The number of carboxylic acid groups (broad SMARTS) is 3. The summed E-state index contributed by atoms with van der Waals surface area (Å²) in [6.45, 7) is -11.8. The van der Waals surface area contributed by atoms with Gasteiger partial charge in [-0.25, -0.2) is 0 Å². The molecule has 495 valence electrons. The molecule has 4 fully saturated rings. The van der Waals surface area contributed by atoms with Crippen molar-refractivity contribution in [2.75, 3.05) is 138 Å². The van der Waals surface area contributed by atoms with E-state index in [-0.39, 0.29) is 71.6 Å². The van der Waals surface area contributed by atoms with Crippen molar-refractivity contribution in [3.05, 3.63) is 0 Å². The maximum absolute atomic E-state index is 14.0. The van der Waals surface area contributed by atoms with Gasteiger partial charge in [-0.15, -0.1) is 0 Å². The summed E-state index contributed by atoms with van der Waals surface area (Å²) in [6.07, 6.45) is -33.5. The third kappa shape index (κ3) is 23.7. The molecule has 4 aliphatic heterocycles. The molecule has 38 nitrogen and oxygen atoms in total. The van der Waals surface area contributed by atoms with Crippen LogP contribution in [0.25, 0.3) is 0 Å². The Balaban J connectivity index is 0.0000123. The second-order valence-corrected chi connectivity index (χ2v) is 19.9. The maximum atomic E-state index is 14.0. The predicted octanol–water partition coefficient (Wildman–Crippen LogP) is -14.0. The standard InChI is InChI=1S/C46H81N5O32.Gd.O/c52-18-22-31(64)35(68)39(72)43(80-22)76-9-5-50(6-10-77-44-40(73)36(69)32(65)23(19-53)81-44)26(56)13-48(16-29(60)61)3-1-47(15-28(58)59)2-4-49(17-30(62)63)14-27(57)51(7-11-78-45-41(74)37(70)33(66)24(20-54)82-45)8-12-79-46-42(75)38(71)34(67)25(21-55)83-46;;/h22-25,31-46,52-55,64-75H,1-21H2,(H,58,59)(H,60,61)(H,62,63);;/q;+3;-2/t22-,23-,24-,25-,31-,32-,33-,34-,35+,36+,37+,38+,39?,40?,41?,42?,43?,44?,45?,46?;;/m1../s1. The quantitative estimate of drug-likeness (QED) is 0.0277. The summed E-state index contributed by atoms with van der Waals surface area (Å²) in [5.74, 6) is -5.96. The maximum Gasteiger partial charge on any atom is 3.00 e. The first-order chi connectivity index (χ1) is 39.3. The van der Waals surface area contributed by atoms with E-state index in [1.54, 1.807) is 0 Å². The predicted molar refractivity (Wildman–Crippen MR) is 265 cm³/mol. The van der Waals surface area contributed by atoms with Crippen LogP contribution in [0.2, 0.25) is 0 Å². The summed E-state index contributed by atoms with van der Waals surface area (Å²) >= 11 is 0. The molecule has 0 saturated carbocycles. The molecular weight excluding hydrogens is 1310 g/mol. The Morgan fingerprint density at radius 2 is 0.529 bits per heavy atom. The Morgan fingerprint density at radius 3 is 0.741 bits per heavy atom. The van der Waals surface area contributed by atoms with Gasteiger partial charge in [0.2, 0.25) is 11.8 Å². The van der Waals surface area contributed by atoms with Gasteiger partial charge in [-0.3, -0.25) is 38.7 Å². The van der Waals surface area contributed by atoms with E-state index in [1.807, 2.05) is 0 Å². The Kier molecular flexibility index (Phi) is 36.0. The minimum Gasteiger partial charge on any atom is -2.00 e. The van der Waals surface area contributed by atoms with Crippen molar-refractivity contribution in [3.8, 4) is 0 Å². The third-order valence-electron chi connectivity index (χ3n) is 13.9. The number of hydrogen-bond donors (Lipinski definition) is 19. The molecule has 19 N–H and O–H groups in total. The van der Waals surface area contributed by atoms with E-state index in [2.05, 4.69) is 0 Å². The summed E-state index contributed by atoms with van der Waals surface area (Å²) in [5.41, 5.74) is 0. The zero-order valence-electron chi connectivity index (χ0n) is 45.7. The first-order valence-electron chi connectivity index (χ1n) is 26.3. The number of carbonyl (C=O) groups excluding carboxylic acids is 2. The molecule has 4 saturated heterocycles. The number of rotatable bonds is 36. The average molecular weight is 1390 g/mol. The molecule has 4 rings (SSSR count). The molecule has 0 aliphatic carbocycles. The number of nitrogens with zero attached hydrogens (tertiary/aromatic N) is 5. The van der Waals surface area contributed by atoms with Crippen LogP contribution in [0.1, 0.15) is 0 Å². The number of hydrogen-bond acceptors (Lipinski definition) is 32. The fraction of sp³-hybridized carbons (Fsp3) is 0.891. The molecule has 0 spiro atoms. The van der Waals surface area contributed by atoms with Crippen LogP contribution in [0.4, 0.5) is 0 Å². The number of carbonyl (C=O) groups is 5. The number of amides is 2. The van der Waals surface area contributed by atoms with Gasteiger partial charge in [0.15, 0.2) is 25.2 Å². The molecule has 8 unspecified atom stereocenters. The van der Waals surface area contributed by atoms with Crippen molar-refractivity contribution in [1.29, 1.82) is 0 Å². The number of aliphatic carboxylic acids is 3. The van der Waals surface area contributed by atoms with Crippen LogP contribution < -0.4 is 0 Å². The molecule has 4 aliphatic rings. The molecule has 0 aromatic rings. The van der Waals surface area contributed by atoms with Crippen molar-refractivity contribution >= 4 is 29.7 Å². The summed E-state index contributed by atoms with van der Waals surface area (Å²) in [5, 5.41) is 191. The van der Waals surface area contributed by atoms with E-state index in [4.69, 9.17) is 37.9 Å². The van der Waals surface area contributed by atoms with Crippen LogP contribution in [-0.2, 0) is 67.3 Å². The van der Waals surface area contributed by atoms with Gasteiger partial charge >= 0.3 is 57.8 Å². The van der Waals surface area contributed by atoms with E-state index < -0.39 is 264 Å². The van der Waals surface area contributed by atoms with Crippen molar-refractivity contribution in [2.45, 2.75) is 123 Å². The van der Waals surface area contributed by atoms with Crippen LogP contribution in [0, 0.1) is 39.9 Å². The monoisotopic (exact) mass is 1390 g/mol. The van der Waals surface area contributed by atoms with E-state index in [1.165, 1.54) is 4.90 Å². The summed E-state index contributed by atoms with van der Waals surface area (Å²) < 4.78 is 43.5. The van der Waals surface area contributed by atoms with Gasteiger partial charge in [-0.05, 0) is 0 Å². The van der Waals surface area contributed by atoms with Gasteiger partial charge < -0.3 is 150 Å². The smallest absolute Gasteiger partial charge is 2.00 e. The Morgan fingerprint density at radius 1 is 0.318 bits per heavy atom. The first kappa shape index (κ1) is 78.6. The second kappa shape index (κ2) is 39.0. The molecule has 0 bridgehead atoms. The van der Waals surface area contributed by atoms with Gasteiger partial charge in [-0.1, -0.05) is 0 Å². The topological polar surface area (TPSA) is 588 Å². The second-order valence-electron chi connectivity index (χ2n) is 19.9. The largest absolute Gasteiger partial charge is 3.00 e. The molecule has 39 heteroatoms. The molecule has 0 aromatic carbocycles. The molecule has 0 aromatic heterocycles. The molecule has 2 amide bonds. The fourth-order valence-electron chi connectivity index (χ4n) is 9.08. The Hall–Kier alpha value is -2.45. The van der Waals surface area contributed by atoms with Crippen LogP contribution in [-0.4, -0.2) is 412 Å². The van der Waals surface area contributed by atoms with Crippen molar-refractivity contribution in [2.24, 2.45) is 0 Å². The average Bonchev–Trinajstić information content (AvgIpc) is 3.66. The van der Waals surface area contributed by atoms with E-state index in [0.717, 1.165) is 19.6 Å².